The van der Waals surface area contributed by atoms with Gasteiger partial charge in [0.15, 0.2) is 12.2 Å². The van der Waals surface area contributed by atoms with Crippen LogP contribution in [0.15, 0.2) is 0 Å². The Bertz CT molecular complexity index is 515. The number of nitrogens with one attached hydrogen (secondary N) is 2. The smallest absolute Gasteiger partial charge is 0.325 e. The summed E-state index contributed by atoms with van der Waals surface area (Å²) in [6.07, 6.45) is -2.77. The fraction of sp³-hybridized carbons (Fsp3) is 0.833. The molecule has 0 bridgehead atoms. The third-order valence-corrected chi connectivity index (χ3v) is 4.85. The third kappa shape index (κ3) is 3.88. The summed E-state index contributed by atoms with van der Waals surface area (Å²) in [4.78, 5) is 38.5. The van der Waals surface area contributed by atoms with E-state index in [-0.39, 0.29) is 31.7 Å². The van der Waals surface area contributed by atoms with E-state index in [2.05, 4.69) is 15.5 Å². The molecule has 3 saturated heterocycles. The summed E-state index contributed by atoms with van der Waals surface area (Å²) >= 11 is 1.60. The minimum atomic E-state index is -0.899. The third-order valence-electron chi connectivity index (χ3n) is 3.91. The van der Waals surface area contributed by atoms with Crippen LogP contribution in [0.25, 0.3) is 0 Å². The first-order valence-electron chi connectivity index (χ1n) is 7.37. The number of hydrogen-bond donors (Lipinski definition) is 2. The summed E-state index contributed by atoms with van der Waals surface area (Å²) in [7, 11) is 0. The van der Waals surface area contributed by atoms with Gasteiger partial charge in [-0.3, -0.25) is 14.9 Å². The van der Waals surface area contributed by atoms with Crippen molar-refractivity contribution in [1.29, 1.82) is 0 Å². The average Bonchev–Trinajstić information content (AvgIpc) is 3.25. The number of thioether (sulfide) groups is 1. The highest BCUT2D eigenvalue weighted by atomic mass is 32.2. The van der Waals surface area contributed by atoms with Crippen LogP contribution in [-0.4, -0.2) is 78.8 Å². The first-order valence-corrected chi connectivity index (χ1v) is 8.53. The molecule has 0 aliphatic carbocycles. The second kappa shape index (κ2) is 7.51. The molecule has 134 valence electrons. The monoisotopic (exact) mass is 363 g/mol. The van der Waals surface area contributed by atoms with Gasteiger partial charge in [-0.05, 0) is 0 Å². The topological polar surface area (TPSA) is 138 Å². The van der Waals surface area contributed by atoms with E-state index < -0.39 is 35.5 Å². The summed E-state index contributed by atoms with van der Waals surface area (Å²) in [5.74, 6) is 0.488. The average molecular weight is 363 g/mol. The van der Waals surface area contributed by atoms with Gasteiger partial charge in [-0.1, -0.05) is 0 Å². The zero-order chi connectivity index (χ0) is 17.1. The molecule has 5 atom stereocenters. The van der Waals surface area contributed by atoms with Crippen molar-refractivity contribution in [1.82, 2.24) is 10.6 Å². The van der Waals surface area contributed by atoms with Crippen molar-refractivity contribution in [2.24, 2.45) is 0 Å². The maximum absolute atomic E-state index is 11.9. The van der Waals surface area contributed by atoms with E-state index in [4.69, 9.17) is 14.2 Å². The van der Waals surface area contributed by atoms with Crippen LogP contribution in [0.1, 0.15) is 0 Å². The van der Waals surface area contributed by atoms with Gasteiger partial charge in [-0.15, -0.1) is 21.9 Å². The lowest BCUT2D eigenvalue weighted by molar-refractivity contribution is -0.769. The lowest BCUT2D eigenvalue weighted by Gasteiger charge is -2.17. The van der Waals surface area contributed by atoms with E-state index in [0.29, 0.717) is 11.6 Å². The van der Waals surface area contributed by atoms with Gasteiger partial charge < -0.3 is 24.4 Å². The van der Waals surface area contributed by atoms with Crippen molar-refractivity contribution in [2.75, 3.05) is 31.4 Å². The van der Waals surface area contributed by atoms with Crippen LogP contribution in [0.2, 0.25) is 0 Å². The molecule has 0 radical (unpaired) electrons. The zero-order valence-electron chi connectivity index (χ0n) is 12.5. The van der Waals surface area contributed by atoms with E-state index in [1.165, 1.54) is 0 Å². The number of nitrogens with zero attached hydrogens (tertiary/aromatic N) is 1. The lowest BCUT2D eigenvalue weighted by atomic mass is 10.1. The SMILES string of the molecule is O=C(CNC(=O)C1CSCN1)O[C@@H]1CO[C@H]2[C@@H]1OC[C@@H]2O[N+](=O)[O-]. The van der Waals surface area contributed by atoms with Crippen molar-refractivity contribution in [3.05, 3.63) is 10.1 Å². The Balaban J connectivity index is 1.42. The van der Waals surface area contributed by atoms with Crippen molar-refractivity contribution in [2.45, 2.75) is 30.5 Å². The highest BCUT2D eigenvalue weighted by Crippen LogP contribution is 2.30. The minimum Gasteiger partial charge on any atom is -0.456 e. The Kier molecular flexibility index (Phi) is 5.38. The molecule has 1 unspecified atom stereocenters. The van der Waals surface area contributed by atoms with Gasteiger partial charge in [0.2, 0.25) is 5.91 Å². The molecule has 24 heavy (non-hydrogen) atoms. The molecule has 3 rings (SSSR count). The van der Waals surface area contributed by atoms with Crippen molar-refractivity contribution in [3.8, 4) is 0 Å². The normalized spacial score (nSPS) is 34.6. The number of amides is 1. The first-order chi connectivity index (χ1) is 11.5. The van der Waals surface area contributed by atoms with E-state index in [0.717, 1.165) is 0 Å². The van der Waals surface area contributed by atoms with Crippen molar-refractivity contribution < 1.29 is 33.7 Å². The predicted molar refractivity (Wildman–Crippen MR) is 78.5 cm³/mol. The van der Waals surface area contributed by atoms with Crippen molar-refractivity contribution in [3.63, 3.8) is 0 Å². The molecule has 0 spiro atoms. The predicted octanol–water partition coefficient (Wildman–Crippen LogP) is -1.95. The van der Waals surface area contributed by atoms with Gasteiger partial charge in [-0.2, -0.15) is 0 Å². The molecule has 3 heterocycles. The van der Waals surface area contributed by atoms with E-state index >= 15 is 0 Å². The molecule has 3 fully saturated rings. The Labute approximate surface area is 140 Å². The van der Waals surface area contributed by atoms with E-state index in [9.17, 15) is 19.7 Å². The standard InChI is InChI=1S/C12H17N3O8S/c16-9(1-13-12(17)6-4-24-5-14-6)22-7-2-20-11-8(23-15(18)19)3-21-10(7)11/h6-8,10-11,14H,1-5H2,(H,13,17)/t6?,7-,8+,10-,11-/m1/s1. The van der Waals surface area contributed by atoms with Gasteiger partial charge >= 0.3 is 5.97 Å². The quantitative estimate of drug-likeness (QED) is 0.311. The summed E-state index contributed by atoms with van der Waals surface area (Å²) in [5, 5.41) is 15.0. The number of esters is 1. The van der Waals surface area contributed by atoms with E-state index in [1.54, 1.807) is 11.8 Å². The second-order valence-electron chi connectivity index (χ2n) is 5.48. The Morgan fingerprint density at radius 3 is 2.67 bits per heavy atom. The molecule has 0 aromatic rings. The van der Waals surface area contributed by atoms with Gasteiger partial charge in [-0.25, -0.2) is 0 Å². The zero-order valence-corrected chi connectivity index (χ0v) is 13.4. The van der Waals surface area contributed by atoms with Crippen LogP contribution in [0, 0.1) is 10.1 Å². The molecule has 2 N–H and O–H groups in total. The Hall–Kier alpha value is -1.63. The van der Waals surface area contributed by atoms with Gasteiger partial charge in [0, 0.05) is 11.6 Å². The van der Waals surface area contributed by atoms with Crippen LogP contribution in [0.4, 0.5) is 0 Å². The number of carbonyl (C=O) groups is 2. The van der Waals surface area contributed by atoms with Gasteiger partial charge in [0.1, 0.15) is 18.8 Å². The number of ether oxygens (including phenoxy) is 3. The molecule has 11 nitrogen and oxygen atoms in total. The molecule has 0 aromatic heterocycles. The van der Waals surface area contributed by atoms with E-state index in [1.807, 2.05) is 0 Å². The van der Waals surface area contributed by atoms with Crippen LogP contribution >= 0.6 is 11.8 Å². The van der Waals surface area contributed by atoms with Crippen LogP contribution in [0.3, 0.4) is 0 Å². The van der Waals surface area contributed by atoms with Crippen molar-refractivity contribution >= 4 is 23.6 Å². The lowest BCUT2D eigenvalue weighted by Crippen LogP contribution is -2.45. The summed E-state index contributed by atoms with van der Waals surface area (Å²) in [6.45, 7) is -0.204. The number of hydrogen-bond acceptors (Lipinski definition) is 10. The fourth-order valence-electron chi connectivity index (χ4n) is 2.79. The Morgan fingerprint density at radius 2 is 2.00 bits per heavy atom. The molecular formula is C12H17N3O8S. The highest BCUT2D eigenvalue weighted by Gasteiger charge is 2.51. The van der Waals surface area contributed by atoms with Crippen LogP contribution < -0.4 is 10.6 Å². The minimum absolute atomic E-state index is 0.00782. The van der Waals surface area contributed by atoms with Crippen LogP contribution in [-0.2, 0) is 28.6 Å². The maximum Gasteiger partial charge on any atom is 0.325 e. The Morgan fingerprint density at radius 1 is 1.29 bits per heavy atom. The molecule has 3 aliphatic heterocycles. The number of rotatable bonds is 6. The molecule has 3 aliphatic rings. The van der Waals surface area contributed by atoms with Crippen LogP contribution in [0.5, 0.6) is 0 Å². The van der Waals surface area contributed by atoms with Gasteiger partial charge in [0.05, 0.1) is 19.3 Å². The van der Waals surface area contributed by atoms with Gasteiger partial charge in [0.25, 0.3) is 5.09 Å². The molecular weight excluding hydrogens is 346 g/mol. The summed E-state index contributed by atoms with van der Waals surface area (Å²) in [6, 6.07) is -0.305. The largest absolute Gasteiger partial charge is 0.456 e. The number of fused-ring (bicyclic) bond motifs is 1. The molecule has 1 amide bonds. The summed E-state index contributed by atoms with van der Waals surface area (Å²) < 4.78 is 16.0. The molecule has 12 heteroatoms. The highest BCUT2D eigenvalue weighted by molar-refractivity contribution is 7.99. The second-order valence-corrected chi connectivity index (χ2v) is 6.51. The molecule has 0 saturated carbocycles. The molecule has 0 aromatic carbocycles. The maximum atomic E-state index is 11.9. The first kappa shape index (κ1) is 17.2. The summed E-state index contributed by atoms with van der Waals surface area (Å²) in [5.41, 5.74) is 0. The fourth-order valence-corrected chi connectivity index (χ4v) is 3.73. The number of carbonyl (C=O) groups excluding carboxylic acids is 2.